The summed E-state index contributed by atoms with van der Waals surface area (Å²) in [7, 11) is 0. The number of nitrogens with two attached hydrogens (primary N) is 2. The molecule has 7 nitrogen and oxygen atoms in total. The lowest BCUT2D eigenvalue weighted by atomic mass is 9.88. The van der Waals surface area contributed by atoms with Crippen molar-refractivity contribution in [2.45, 2.75) is 32.3 Å². The number of non-ortho nitro benzene ring substituents is 1. The van der Waals surface area contributed by atoms with Gasteiger partial charge in [-0.1, -0.05) is 24.4 Å². The fourth-order valence-corrected chi connectivity index (χ4v) is 2.39. The third kappa shape index (κ3) is 5.65. The highest BCUT2D eigenvalue weighted by molar-refractivity contribution is 7.80. The Morgan fingerprint density at radius 3 is 2.32 bits per heavy atom. The maximum atomic E-state index is 10.9. The van der Waals surface area contributed by atoms with Gasteiger partial charge in [0.25, 0.3) is 5.69 Å². The molecule has 120 valence electrons. The Kier molecular flexibility index (Phi) is 5.81. The number of nitrogens with zero attached hydrogens (tertiary/aromatic N) is 1. The summed E-state index contributed by atoms with van der Waals surface area (Å²) in [5, 5.41) is 10.6. The lowest BCUT2D eigenvalue weighted by Crippen LogP contribution is -2.37. The molecule has 1 aromatic carbocycles. The largest absolute Gasteiger partial charge is 0.444 e. The first-order chi connectivity index (χ1) is 10.1. The minimum Gasteiger partial charge on any atom is -0.444 e. The number of nitro groups is 1. The first kappa shape index (κ1) is 17.8. The van der Waals surface area contributed by atoms with Crippen molar-refractivity contribution in [2.75, 3.05) is 0 Å². The highest BCUT2D eigenvalue weighted by atomic mass is 32.1. The number of carbonyl (C=O) groups excluding carboxylic acids is 1. The van der Waals surface area contributed by atoms with Crippen LogP contribution in [0.1, 0.15) is 25.8 Å². The van der Waals surface area contributed by atoms with Crippen molar-refractivity contribution in [3.05, 3.63) is 39.9 Å². The van der Waals surface area contributed by atoms with Gasteiger partial charge in [-0.3, -0.25) is 10.1 Å². The molecule has 1 atom stereocenters. The van der Waals surface area contributed by atoms with Crippen LogP contribution in [0.15, 0.2) is 24.3 Å². The summed E-state index contributed by atoms with van der Waals surface area (Å²) >= 11 is 5.06. The van der Waals surface area contributed by atoms with E-state index in [1.807, 2.05) is 0 Å². The van der Waals surface area contributed by atoms with Crippen molar-refractivity contribution in [2.24, 2.45) is 17.4 Å². The van der Waals surface area contributed by atoms with Crippen molar-refractivity contribution in [3.63, 3.8) is 0 Å². The minimum absolute atomic E-state index is 0.0213. The number of nitro benzene ring substituents is 1. The predicted molar refractivity (Wildman–Crippen MR) is 86.4 cm³/mol. The summed E-state index contributed by atoms with van der Waals surface area (Å²) in [6.07, 6.45) is 0.0447. The molecule has 0 aliphatic rings. The van der Waals surface area contributed by atoms with Crippen LogP contribution in [0, 0.1) is 16.0 Å². The van der Waals surface area contributed by atoms with Gasteiger partial charge in [-0.2, -0.15) is 0 Å². The highest BCUT2D eigenvalue weighted by Gasteiger charge is 2.28. The van der Waals surface area contributed by atoms with Crippen molar-refractivity contribution in [3.8, 4) is 0 Å². The molecule has 0 saturated heterocycles. The number of hydrogen-bond donors (Lipinski definition) is 2. The molecule has 1 aromatic rings. The number of carbonyl (C=O) groups is 1. The monoisotopic (exact) mass is 325 g/mol. The van der Waals surface area contributed by atoms with Crippen molar-refractivity contribution < 1.29 is 14.5 Å². The lowest BCUT2D eigenvalue weighted by Gasteiger charge is -2.28. The SMILES string of the molecule is CC(C)(CC(Cc1ccc([N+](=O)[O-])cc1)C(N)=S)OC(N)=O. The quantitative estimate of drug-likeness (QED) is 0.450. The molecule has 1 rings (SSSR count). The molecule has 0 spiro atoms. The van der Waals surface area contributed by atoms with Crippen LogP contribution in [0.5, 0.6) is 0 Å². The van der Waals surface area contributed by atoms with E-state index in [0.717, 1.165) is 5.56 Å². The number of ether oxygens (including phenoxy) is 1. The second kappa shape index (κ2) is 7.17. The van der Waals surface area contributed by atoms with Crippen LogP contribution in [0.2, 0.25) is 0 Å². The Labute approximate surface area is 133 Å². The zero-order valence-electron chi connectivity index (χ0n) is 12.4. The van der Waals surface area contributed by atoms with Gasteiger partial charge in [0.1, 0.15) is 5.60 Å². The fraction of sp³-hybridized carbons (Fsp3) is 0.429. The van der Waals surface area contributed by atoms with Gasteiger partial charge in [-0.25, -0.2) is 4.79 Å². The van der Waals surface area contributed by atoms with Crippen LogP contribution in [0.25, 0.3) is 0 Å². The van der Waals surface area contributed by atoms with Crippen molar-refractivity contribution in [1.82, 2.24) is 0 Å². The number of benzene rings is 1. The van der Waals surface area contributed by atoms with E-state index in [2.05, 4.69) is 0 Å². The van der Waals surface area contributed by atoms with Gasteiger partial charge in [0, 0.05) is 18.1 Å². The van der Waals surface area contributed by atoms with E-state index < -0.39 is 16.6 Å². The van der Waals surface area contributed by atoms with Crippen LogP contribution in [-0.4, -0.2) is 21.6 Å². The van der Waals surface area contributed by atoms with Gasteiger partial charge in [0.05, 0.1) is 9.91 Å². The normalized spacial score (nSPS) is 12.5. The molecule has 22 heavy (non-hydrogen) atoms. The average Bonchev–Trinajstić information content (AvgIpc) is 2.36. The Hall–Kier alpha value is -2.22. The zero-order valence-corrected chi connectivity index (χ0v) is 13.3. The highest BCUT2D eigenvalue weighted by Crippen LogP contribution is 2.25. The summed E-state index contributed by atoms with van der Waals surface area (Å²) in [6, 6.07) is 6.17. The molecule has 1 amide bonds. The van der Waals surface area contributed by atoms with Gasteiger partial charge in [0.2, 0.25) is 0 Å². The third-order valence-corrected chi connectivity index (χ3v) is 3.48. The van der Waals surface area contributed by atoms with E-state index in [4.69, 9.17) is 28.4 Å². The third-order valence-electron chi connectivity index (χ3n) is 3.15. The van der Waals surface area contributed by atoms with Crippen molar-refractivity contribution >= 4 is 29.0 Å². The summed E-state index contributed by atoms with van der Waals surface area (Å²) in [5.74, 6) is -0.217. The second-order valence-corrected chi connectivity index (χ2v) is 6.08. The van der Waals surface area contributed by atoms with E-state index in [-0.39, 0.29) is 11.6 Å². The van der Waals surface area contributed by atoms with Gasteiger partial charge >= 0.3 is 6.09 Å². The Morgan fingerprint density at radius 2 is 1.91 bits per heavy atom. The molecule has 4 N–H and O–H groups in total. The van der Waals surface area contributed by atoms with E-state index in [9.17, 15) is 14.9 Å². The maximum absolute atomic E-state index is 10.9. The Bertz CT molecular complexity index is 572. The average molecular weight is 325 g/mol. The zero-order chi connectivity index (χ0) is 16.9. The molecule has 1 unspecified atom stereocenters. The predicted octanol–water partition coefficient (Wildman–Crippen LogP) is 2.30. The van der Waals surface area contributed by atoms with Gasteiger partial charge in [-0.15, -0.1) is 0 Å². The van der Waals surface area contributed by atoms with Crippen LogP contribution in [-0.2, 0) is 11.2 Å². The van der Waals surface area contributed by atoms with E-state index in [1.165, 1.54) is 12.1 Å². The maximum Gasteiger partial charge on any atom is 0.405 e. The number of primary amides is 1. The Balaban J connectivity index is 2.82. The number of hydrogen-bond acceptors (Lipinski definition) is 5. The van der Waals surface area contributed by atoms with E-state index in [0.29, 0.717) is 17.8 Å². The second-order valence-electron chi connectivity index (χ2n) is 5.61. The van der Waals surface area contributed by atoms with E-state index >= 15 is 0 Å². The summed E-state index contributed by atoms with van der Waals surface area (Å²) in [4.78, 5) is 21.4. The summed E-state index contributed by atoms with van der Waals surface area (Å²) < 4.78 is 5.04. The summed E-state index contributed by atoms with van der Waals surface area (Å²) in [6.45, 7) is 3.44. The molecule has 0 aromatic heterocycles. The molecule has 0 heterocycles. The van der Waals surface area contributed by atoms with Crippen LogP contribution >= 0.6 is 12.2 Å². The van der Waals surface area contributed by atoms with Crippen LogP contribution in [0.3, 0.4) is 0 Å². The van der Waals surface area contributed by atoms with E-state index in [1.54, 1.807) is 26.0 Å². The molecule has 0 fully saturated rings. The lowest BCUT2D eigenvalue weighted by molar-refractivity contribution is -0.384. The number of thiocarbonyl (C=S) groups is 1. The molecule has 0 saturated carbocycles. The molecule has 0 aliphatic heterocycles. The van der Waals surface area contributed by atoms with Crippen LogP contribution in [0.4, 0.5) is 10.5 Å². The molecule has 8 heteroatoms. The molecule has 0 aliphatic carbocycles. The Morgan fingerprint density at radius 1 is 1.36 bits per heavy atom. The first-order valence-electron chi connectivity index (χ1n) is 6.62. The first-order valence-corrected chi connectivity index (χ1v) is 7.02. The number of rotatable bonds is 7. The molecular formula is C14H19N3O4S. The standard InChI is InChI=1S/C14H19N3O4S/c1-14(2,21-13(16)18)8-10(12(15)22)7-9-3-5-11(6-4-9)17(19)20/h3-6,10H,7-8H2,1-2H3,(H2,15,22)(H2,16,18). The van der Waals surface area contributed by atoms with Crippen molar-refractivity contribution in [1.29, 1.82) is 0 Å². The van der Waals surface area contributed by atoms with Gasteiger partial charge in [-0.05, 0) is 32.3 Å². The van der Waals surface area contributed by atoms with Gasteiger partial charge < -0.3 is 16.2 Å². The molecule has 0 bridgehead atoms. The van der Waals surface area contributed by atoms with Crippen LogP contribution < -0.4 is 11.5 Å². The van der Waals surface area contributed by atoms with Gasteiger partial charge in [0.15, 0.2) is 0 Å². The topological polar surface area (TPSA) is 121 Å². The number of amides is 1. The molecular weight excluding hydrogens is 306 g/mol. The summed E-state index contributed by atoms with van der Waals surface area (Å²) in [5.41, 5.74) is 10.9. The molecule has 0 radical (unpaired) electrons. The fourth-order valence-electron chi connectivity index (χ4n) is 2.22. The smallest absolute Gasteiger partial charge is 0.405 e. The minimum atomic E-state index is -0.859.